The summed E-state index contributed by atoms with van der Waals surface area (Å²) in [7, 11) is 2.18. The summed E-state index contributed by atoms with van der Waals surface area (Å²) in [6.45, 7) is 1.15. The van der Waals surface area contributed by atoms with Crippen LogP contribution in [-0.4, -0.2) is 38.2 Å². The van der Waals surface area contributed by atoms with Gasteiger partial charge in [0.05, 0.1) is 11.7 Å². The van der Waals surface area contributed by atoms with E-state index in [0.29, 0.717) is 30.6 Å². The topological polar surface area (TPSA) is 51.0 Å². The molecule has 1 atom stereocenters. The van der Waals surface area contributed by atoms with Gasteiger partial charge in [0.2, 0.25) is 0 Å². The first-order chi connectivity index (χ1) is 13.6. The van der Waals surface area contributed by atoms with Gasteiger partial charge in [-0.3, -0.25) is 13.7 Å². The van der Waals surface area contributed by atoms with Crippen LogP contribution in [0.3, 0.4) is 0 Å². The predicted octanol–water partition coefficient (Wildman–Crippen LogP) is 4.85. The smallest absolute Gasteiger partial charge is 0.150 e. The summed E-state index contributed by atoms with van der Waals surface area (Å²) in [6, 6.07) is 2.68. The number of carbonyl (C=O) groups excluding carboxylic acids is 1. The summed E-state index contributed by atoms with van der Waals surface area (Å²) in [5.41, 5.74) is 4.19. The van der Waals surface area contributed by atoms with E-state index >= 15 is 0 Å². The predicted molar refractivity (Wildman–Crippen MR) is 116 cm³/mol. The van der Waals surface area contributed by atoms with Crippen molar-refractivity contribution >= 4 is 41.0 Å². The standard InChI is InChI=1S/C21H24N4OS2/c1-24-8-2-3-19(24)21-23-18(12-28-21)17-11-25(27)20-16(17)9-14(10-22-20)13-4-6-15(26)7-5-13/h9-13,19,27H,2-8H2,1H3. The minimum Gasteiger partial charge on any atom is -0.300 e. The van der Waals surface area contributed by atoms with Gasteiger partial charge in [0.1, 0.15) is 16.4 Å². The molecule has 0 radical (unpaired) electrons. The van der Waals surface area contributed by atoms with Crippen LogP contribution in [0, 0.1) is 0 Å². The maximum absolute atomic E-state index is 11.6. The molecular formula is C21H24N4OS2. The number of thiazole rings is 1. The number of rotatable bonds is 3. The minimum absolute atomic E-state index is 0.388. The fraction of sp³-hybridized carbons (Fsp3) is 0.476. The molecule has 1 saturated carbocycles. The van der Waals surface area contributed by atoms with E-state index in [2.05, 4.69) is 41.2 Å². The van der Waals surface area contributed by atoms with Gasteiger partial charge in [-0.25, -0.2) is 9.97 Å². The van der Waals surface area contributed by atoms with Crippen molar-refractivity contribution in [2.45, 2.75) is 50.5 Å². The number of nitrogens with zero attached hydrogens (tertiary/aromatic N) is 4. The van der Waals surface area contributed by atoms with Gasteiger partial charge < -0.3 is 0 Å². The zero-order valence-corrected chi connectivity index (χ0v) is 17.7. The Morgan fingerprint density at radius 1 is 1.25 bits per heavy atom. The largest absolute Gasteiger partial charge is 0.300 e. The lowest BCUT2D eigenvalue weighted by Gasteiger charge is -2.21. The number of hydrogen-bond donors (Lipinski definition) is 1. The summed E-state index contributed by atoms with van der Waals surface area (Å²) < 4.78 is 1.79. The maximum atomic E-state index is 11.6. The van der Waals surface area contributed by atoms with Crippen molar-refractivity contribution in [2.75, 3.05) is 13.6 Å². The lowest BCUT2D eigenvalue weighted by atomic mass is 9.84. The summed E-state index contributed by atoms with van der Waals surface area (Å²) in [5, 5.41) is 4.46. The number of likely N-dealkylation sites (tertiary alicyclic amines) is 1. The van der Waals surface area contributed by atoms with Crippen LogP contribution in [0.1, 0.15) is 61.1 Å². The highest BCUT2D eigenvalue weighted by Crippen LogP contribution is 2.38. The Hall–Kier alpha value is -1.70. The Morgan fingerprint density at radius 2 is 2.07 bits per heavy atom. The van der Waals surface area contributed by atoms with E-state index in [-0.39, 0.29) is 0 Å². The average Bonchev–Trinajstić information content (AvgIpc) is 3.41. The Morgan fingerprint density at radius 3 is 2.82 bits per heavy atom. The van der Waals surface area contributed by atoms with Gasteiger partial charge in [-0.2, -0.15) is 0 Å². The number of hydrogen-bond acceptors (Lipinski definition) is 6. The van der Waals surface area contributed by atoms with Crippen molar-refractivity contribution < 1.29 is 4.79 Å². The van der Waals surface area contributed by atoms with Crippen LogP contribution >= 0.6 is 24.2 Å². The molecule has 7 heteroatoms. The van der Waals surface area contributed by atoms with Crippen LogP contribution in [0.25, 0.3) is 22.3 Å². The fourth-order valence-electron chi connectivity index (χ4n) is 4.59. The molecule has 0 spiro atoms. The van der Waals surface area contributed by atoms with Crippen LogP contribution in [0.15, 0.2) is 23.8 Å². The molecule has 0 aromatic carbocycles. The summed E-state index contributed by atoms with van der Waals surface area (Å²) >= 11 is 6.33. The van der Waals surface area contributed by atoms with Crippen LogP contribution in [0.5, 0.6) is 0 Å². The number of fused-ring (bicyclic) bond motifs is 1. The van der Waals surface area contributed by atoms with Crippen molar-refractivity contribution in [1.82, 2.24) is 18.8 Å². The quantitative estimate of drug-likeness (QED) is 0.625. The third kappa shape index (κ3) is 3.19. The molecule has 146 valence electrons. The molecule has 1 aliphatic carbocycles. The van der Waals surface area contributed by atoms with E-state index in [0.717, 1.165) is 41.7 Å². The lowest BCUT2D eigenvalue weighted by molar-refractivity contribution is -0.120. The van der Waals surface area contributed by atoms with Crippen molar-refractivity contribution in [3.05, 3.63) is 34.4 Å². The number of ketones is 1. The minimum atomic E-state index is 0.388. The van der Waals surface area contributed by atoms with Crippen molar-refractivity contribution in [1.29, 1.82) is 0 Å². The highest BCUT2D eigenvalue weighted by molar-refractivity contribution is 7.78. The Balaban J connectivity index is 1.51. The first-order valence-corrected chi connectivity index (χ1v) is 11.3. The SMILES string of the molecule is CN1CCCC1c1nc(-c2cn(S)c3ncc(C4CCC(=O)CC4)cc23)cs1. The number of carbonyl (C=O) groups is 1. The zero-order chi connectivity index (χ0) is 19.3. The summed E-state index contributed by atoms with van der Waals surface area (Å²) in [6.07, 6.45) is 9.63. The first-order valence-electron chi connectivity index (χ1n) is 9.98. The normalized spacial score (nSPS) is 21.8. The second kappa shape index (κ2) is 7.28. The zero-order valence-electron chi connectivity index (χ0n) is 16.0. The molecule has 3 aromatic heterocycles. The molecule has 0 amide bonds. The molecular weight excluding hydrogens is 388 g/mol. The molecule has 1 unspecified atom stereocenters. The van der Waals surface area contributed by atoms with Crippen LogP contribution in [0.4, 0.5) is 0 Å². The van der Waals surface area contributed by atoms with E-state index in [1.807, 2.05) is 12.4 Å². The maximum Gasteiger partial charge on any atom is 0.150 e. The third-order valence-electron chi connectivity index (χ3n) is 6.26. The number of Topliss-reactive ketones (excluding diaryl/α,β-unsaturated/α-hetero) is 1. The molecule has 0 N–H and O–H groups in total. The van der Waals surface area contributed by atoms with Crippen LogP contribution < -0.4 is 0 Å². The third-order valence-corrected chi connectivity index (χ3v) is 7.52. The van der Waals surface area contributed by atoms with Gasteiger partial charge in [0.25, 0.3) is 0 Å². The van der Waals surface area contributed by atoms with Gasteiger partial charge >= 0.3 is 0 Å². The Kier molecular flexibility index (Phi) is 4.77. The van der Waals surface area contributed by atoms with Gasteiger partial charge in [-0.05, 0) is 56.8 Å². The molecule has 1 saturated heterocycles. The number of aromatic nitrogens is 3. The second-order valence-electron chi connectivity index (χ2n) is 8.05. The van der Waals surface area contributed by atoms with E-state index in [1.165, 1.54) is 23.4 Å². The molecule has 5 rings (SSSR count). The van der Waals surface area contributed by atoms with E-state index < -0.39 is 0 Å². The molecule has 2 aliphatic rings. The summed E-state index contributed by atoms with van der Waals surface area (Å²) in [5.74, 6) is 0.809. The monoisotopic (exact) mass is 412 g/mol. The average molecular weight is 413 g/mol. The van der Waals surface area contributed by atoms with Gasteiger partial charge in [0, 0.05) is 41.6 Å². The highest BCUT2D eigenvalue weighted by Gasteiger charge is 2.26. The van der Waals surface area contributed by atoms with Crippen molar-refractivity contribution in [3.63, 3.8) is 0 Å². The highest BCUT2D eigenvalue weighted by atomic mass is 32.1. The first kappa shape index (κ1) is 18.3. The van der Waals surface area contributed by atoms with E-state index in [9.17, 15) is 4.79 Å². The van der Waals surface area contributed by atoms with E-state index in [4.69, 9.17) is 4.98 Å². The van der Waals surface area contributed by atoms with Gasteiger partial charge in [-0.1, -0.05) is 12.8 Å². The summed E-state index contributed by atoms with van der Waals surface area (Å²) in [4.78, 5) is 23.7. The van der Waals surface area contributed by atoms with Crippen LogP contribution in [-0.2, 0) is 4.79 Å². The Bertz CT molecular complexity index is 1030. The fourth-order valence-corrected chi connectivity index (χ4v) is 5.89. The molecule has 0 bridgehead atoms. The van der Waals surface area contributed by atoms with Crippen LogP contribution in [0.2, 0.25) is 0 Å². The Labute approximate surface area is 174 Å². The molecule has 4 heterocycles. The molecule has 5 nitrogen and oxygen atoms in total. The number of thiol groups is 1. The van der Waals surface area contributed by atoms with Gasteiger partial charge in [-0.15, -0.1) is 11.3 Å². The lowest BCUT2D eigenvalue weighted by Crippen LogP contribution is -2.17. The molecule has 3 aromatic rings. The molecule has 2 fully saturated rings. The second-order valence-corrected chi connectivity index (χ2v) is 9.37. The molecule has 28 heavy (non-hydrogen) atoms. The van der Waals surface area contributed by atoms with Crippen molar-refractivity contribution in [2.24, 2.45) is 0 Å². The van der Waals surface area contributed by atoms with E-state index in [1.54, 1.807) is 15.3 Å². The molecule has 1 aliphatic heterocycles. The van der Waals surface area contributed by atoms with Crippen molar-refractivity contribution in [3.8, 4) is 11.3 Å². The van der Waals surface area contributed by atoms with Gasteiger partial charge in [0.15, 0.2) is 0 Å². The number of pyridine rings is 1.